The highest BCUT2D eigenvalue weighted by Crippen LogP contribution is 2.36. The number of amides is 1. The highest BCUT2D eigenvalue weighted by Gasteiger charge is 2.33. The molecule has 0 saturated carbocycles. The largest absolute Gasteiger partial charge is 0.493 e. The molecule has 29 heavy (non-hydrogen) atoms. The van der Waals surface area contributed by atoms with E-state index in [0.29, 0.717) is 31.9 Å². The van der Waals surface area contributed by atoms with Crippen LogP contribution >= 0.6 is 0 Å². The van der Waals surface area contributed by atoms with Crippen molar-refractivity contribution in [1.29, 1.82) is 0 Å². The first-order valence-corrected chi connectivity index (χ1v) is 10.1. The van der Waals surface area contributed by atoms with Crippen LogP contribution in [-0.2, 0) is 11.2 Å². The van der Waals surface area contributed by atoms with Gasteiger partial charge >= 0.3 is 0 Å². The molecule has 6 heteroatoms. The molecule has 1 fully saturated rings. The number of carbonyl (C=O) groups excluding carboxylic acids is 1. The lowest BCUT2D eigenvalue weighted by Gasteiger charge is -2.36. The predicted molar refractivity (Wildman–Crippen MR) is 107 cm³/mol. The minimum absolute atomic E-state index is 0.120. The number of halogens is 1. The van der Waals surface area contributed by atoms with E-state index < -0.39 is 0 Å². The molecule has 2 aliphatic rings. The number of methoxy groups -OCH3 is 1. The van der Waals surface area contributed by atoms with Crippen LogP contribution in [-0.4, -0.2) is 44.2 Å². The number of para-hydroxylation sites is 2. The molecule has 0 N–H and O–H groups in total. The van der Waals surface area contributed by atoms with Gasteiger partial charge in [0.15, 0.2) is 23.1 Å². The van der Waals surface area contributed by atoms with E-state index in [0.717, 1.165) is 30.7 Å². The van der Waals surface area contributed by atoms with Gasteiger partial charge in [0.05, 0.1) is 19.6 Å². The normalized spacial score (nSPS) is 21.1. The van der Waals surface area contributed by atoms with Gasteiger partial charge in [0.2, 0.25) is 5.91 Å². The Labute approximate surface area is 170 Å². The molecule has 0 unspecified atom stereocenters. The van der Waals surface area contributed by atoms with E-state index in [1.54, 1.807) is 25.3 Å². The number of carbonyl (C=O) groups is 1. The van der Waals surface area contributed by atoms with Crippen LogP contribution in [0.3, 0.4) is 0 Å². The first-order valence-electron chi connectivity index (χ1n) is 10.1. The zero-order valence-electron chi connectivity index (χ0n) is 16.6. The fourth-order valence-corrected chi connectivity index (χ4v) is 4.14. The molecule has 0 bridgehead atoms. The Bertz CT molecular complexity index is 872. The molecule has 0 aliphatic carbocycles. The van der Waals surface area contributed by atoms with E-state index >= 15 is 0 Å². The summed E-state index contributed by atoms with van der Waals surface area (Å²) in [6.45, 7) is 2.15. The Hall–Kier alpha value is -2.76. The van der Waals surface area contributed by atoms with Crippen LogP contribution in [0.1, 0.15) is 18.4 Å². The third kappa shape index (κ3) is 4.31. The Morgan fingerprint density at radius 3 is 2.86 bits per heavy atom. The first-order chi connectivity index (χ1) is 14.2. The van der Waals surface area contributed by atoms with Gasteiger partial charge in [0.1, 0.15) is 6.61 Å². The monoisotopic (exact) mass is 399 g/mol. The van der Waals surface area contributed by atoms with Gasteiger partial charge in [0, 0.05) is 19.0 Å². The molecular weight excluding hydrogens is 373 g/mol. The topological polar surface area (TPSA) is 48.0 Å². The Morgan fingerprint density at radius 1 is 1.21 bits per heavy atom. The van der Waals surface area contributed by atoms with E-state index in [4.69, 9.17) is 14.2 Å². The van der Waals surface area contributed by atoms with Crippen LogP contribution in [0.15, 0.2) is 42.5 Å². The van der Waals surface area contributed by atoms with Gasteiger partial charge in [-0.05, 0) is 43.0 Å². The lowest BCUT2D eigenvalue weighted by atomic mass is 9.92. The van der Waals surface area contributed by atoms with Crippen molar-refractivity contribution in [2.45, 2.75) is 19.3 Å². The second-order valence-corrected chi connectivity index (χ2v) is 7.69. The summed E-state index contributed by atoms with van der Waals surface area (Å²) in [5.41, 5.74) is 1.00. The minimum Gasteiger partial charge on any atom is -0.493 e. The molecule has 2 aliphatic heterocycles. The standard InChI is InChI=1S/C23H26FNO4/c1-27-21-10-4-7-17-12-18(15-29-22(17)21)23(26)25-11-5-6-16(13-25)14-28-20-9-3-2-8-19(20)24/h2-4,7-10,16,18H,5-6,11-15H2,1H3/t16-,18-/m0/s1. The summed E-state index contributed by atoms with van der Waals surface area (Å²) in [4.78, 5) is 15.0. The van der Waals surface area contributed by atoms with E-state index in [9.17, 15) is 9.18 Å². The third-order valence-corrected chi connectivity index (χ3v) is 5.67. The van der Waals surface area contributed by atoms with Gasteiger partial charge in [0.25, 0.3) is 0 Å². The fourth-order valence-electron chi connectivity index (χ4n) is 4.14. The quantitative estimate of drug-likeness (QED) is 0.769. The van der Waals surface area contributed by atoms with Crippen LogP contribution < -0.4 is 14.2 Å². The van der Waals surface area contributed by atoms with E-state index in [-0.39, 0.29) is 29.3 Å². The average molecular weight is 399 g/mol. The molecule has 1 amide bonds. The number of rotatable bonds is 5. The predicted octanol–water partition coefficient (Wildman–Crippen LogP) is 3.70. The first kappa shape index (κ1) is 19.6. The molecule has 2 aromatic rings. The molecule has 154 valence electrons. The maximum atomic E-state index is 13.8. The number of ether oxygens (including phenoxy) is 3. The van der Waals surface area contributed by atoms with Gasteiger partial charge in [-0.1, -0.05) is 24.3 Å². The van der Waals surface area contributed by atoms with E-state index in [1.807, 2.05) is 23.1 Å². The molecule has 1 saturated heterocycles. The molecule has 4 rings (SSSR count). The van der Waals surface area contributed by atoms with E-state index in [1.165, 1.54) is 6.07 Å². The van der Waals surface area contributed by atoms with Crippen molar-refractivity contribution in [3.63, 3.8) is 0 Å². The summed E-state index contributed by atoms with van der Waals surface area (Å²) in [6, 6.07) is 12.2. The summed E-state index contributed by atoms with van der Waals surface area (Å²) in [5.74, 6) is 1.48. The number of fused-ring (bicyclic) bond motifs is 1. The van der Waals surface area contributed by atoms with Crippen molar-refractivity contribution in [3.8, 4) is 17.2 Å². The SMILES string of the molecule is COc1cccc2c1OC[C@@H](C(=O)N1CCC[C@H](COc3ccccc3F)C1)C2. The second-order valence-electron chi connectivity index (χ2n) is 7.69. The second kappa shape index (κ2) is 8.72. The molecule has 0 aromatic heterocycles. The van der Waals surface area contributed by atoms with E-state index in [2.05, 4.69) is 0 Å². The summed E-state index contributed by atoms with van der Waals surface area (Å²) in [6.07, 6.45) is 2.55. The van der Waals surface area contributed by atoms with Crippen LogP contribution in [0, 0.1) is 17.7 Å². The highest BCUT2D eigenvalue weighted by atomic mass is 19.1. The van der Waals surface area contributed by atoms with Crippen molar-refractivity contribution >= 4 is 5.91 Å². The molecule has 2 atom stereocenters. The minimum atomic E-state index is -0.357. The number of nitrogens with zero attached hydrogens (tertiary/aromatic N) is 1. The number of benzene rings is 2. The van der Waals surface area contributed by atoms with Gasteiger partial charge in [-0.15, -0.1) is 0 Å². The number of hydrogen-bond acceptors (Lipinski definition) is 4. The number of piperidine rings is 1. The lowest BCUT2D eigenvalue weighted by Crippen LogP contribution is -2.46. The molecule has 5 nitrogen and oxygen atoms in total. The molecule has 2 aromatic carbocycles. The van der Waals surface area contributed by atoms with Crippen LogP contribution in [0.2, 0.25) is 0 Å². The number of likely N-dealkylation sites (tertiary alicyclic amines) is 1. The van der Waals surface area contributed by atoms with Crippen LogP contribution in [0.5, 0.6) is 17.2 Å². The third-order valence-electron chi connectivity index (χ3n) is 5.67. The Balaban J connectivity index is 1.36. The van der Waals surface area contributed by atoms with Crippen molar-refractivity contribution in [2.75, 3.05) is 33.4 Å². The van der Waals surface area contributed by atoms with Gasteiger partial charge in [-0.25, -0.2) is 4.39 Å². The maximum absolute atomic E-state index is 13.8. The van der Waals surface area contributed by atoms with Crippen molar-refractivity contribution in [3.05, 3.63) is 53.8 Å². The van der Waals surface area contributed by atoms with Crippen molar-refractivity contribution < 1.29 is 23.4 Å². The van der Waals surface area contributed by atoms with Gasteiger partial charge in [-0.2, -0.15) is 0 Å². The zero-order valence-corrected chi connectivity index (χ0v) is 16.6. The zero-order chi connectivity index (χ0) is 20.2. The average Bonchev–Trinajstić information content (AvgIpc) is 2.77. The molecule has 0 radical (unpaired) electrons. The highest BCUT2D eigenvalue weighted by molar-refractivity contribution is 5.80. The van der Waals surface area contributed by atoms with Crippen LogP contribution in [0.4, 0.5) is 4.39 Å². The molecular formula is C23H26FNO4. The Morgan fingerprint density at radius 2 is 2.03 bits per heavy atom. The summed E-state index contributed by atoms with van der Waals surface area (Å²) < 4.78 is 30.7. The molecule has 2 heterocycles. The summed E-state index contributed by atoms with van der Waals surface area (Å²) >= 11 is 0. The van der Waals surface area contributed by atoms with Crippen molar-refractivity contribution in [1.82, 2.24) is 4.90 Å². The van der Waals surface area contributed by atoms with Gasteiger partial charge in [-0.3, -0.25) is 4.79 Å². The summed E-state index contributed by atoms with van der Waals surface area (Å²) in [7, 11) is 1.62. The fraction of sp³-hybridized carbons (Fsp3) is 0.435. The Kier molecular flexibility index (Phi) is 5.88. The van der Waals surface area contributed by atoms with Crippen LogP contribution in [0.25, 0.3) is 0 Å². The maximum Gasteiger partial charge on any atom is 0.229 e. The number of hydrogen-bond donors (Lipinski definition) is 0. The molecule has 0 spiro atoms. The smallest absolute Gasteiger partial charge is 0.229 e. The van der Waals surface area contributed by atoms with Crippen molar-refractivity contribution in [2.24, 2.45) is 11.8 Å². The summed E-state index contributed by atoms with van der Waals surface area (Å²) in [5, 5.41) is 0. The van der Waals surface area contributed by atoms with Gasteiger partial charge < -0.3 is 19.1 Å². The lowest BCUT2D eigenvalue weighted by molar-refractivity contribution is -0.139.